The largest absolute Gasteiger partial charge is 0.496 e. The van der Waals surface area contributed by atoms with Crippen molar-refractivity contribution in [2.45, 2.75) is 6.42 Å². The van der Waals surface area contributed by atoms with E-state index in [1.807, 2.05) is 36.4 Å². The van der Waals surface area contributed by atoms with Crippen LogP contribution in [0.2, 0.25) is 5.02 Å². The lowest BCUT2D eigenvalue weighted by atomic mass is 10.0. The molecule has 2 nitrogen and oxygen atoms in total. The number of fused-ring (bicyclic) bond motifs is 1. The van der Waals surface area contributed by atoms with Gasteiger partial charge in [0, 0.05) is 12.5 Å². The number of nitrogens with zero attached hydrogens (tertiary/aromatic N) is 1. The molecule has 0 aliphatic carbocycles. The number of hydrogen-bond donors (Lipinski definition) is 0. The fourth-order valence-electron chi connectivity index (χ4n) is 2.47. The molecule has 0 unspecified atom stereocenters. The Morgan fingerprint density at radius 2 is 1.95 bits per heavy atom. The molecule has 0 saturated heterocycles. The number of ether oxygens (including phenoxy) is 1. The molecule has 2 aromatic carbocycles. The molecule has 0 spiro atoms. The second kappa shape index (κ2) is 5.06. The first-order chi connectivity index (χ1) is 9.29. The quantitative estimate of drug-likeness (QED) is 0.760. The van der Waals surface area contributed by atoms with Gasteiger partial charge in [-0.05, 0) is 17.7 Å². The lowest BCUT2D eigenvalue weighted by molar-refractivity contribution is -0.436. The van der Waals surface area contributed by atoms with E-state index >= 15 is 0 Å². The topological polar surface area (TPSA) is 12.2 Å². The summed E-state index contributed by atoms with van der Waals surface area (Å²) in [7, 11) is 1.71. The van der Waals surface area contributed by atoms with Gasteiger partial charge in [-0.25, -0.2) is 0 Å². The van der Waals surface area contributed by atoms with Crippen LogP contribution in [0.25, 0.3) is 0 Å². The fourth-order valence-corrected chi connectivity index (χ4v) is 2.71. The van der Waals surface area contributed by atoms with Crippen LogP contribution in [-0.4, -0.2) is 24.4 Å². The molecule has 1 aliphatic rings. The molecule has 0 aromatic heterocycles. The Kier molecular flexibility index (Phi) is 3.26. The van der Waals surface area contributed by atoms with Crippen LogP contribution in [0.4, 0.5) is 5.69 Å². The van der Waals surface area contributed by atoms with Gasteiger partial charge < -0.3 is 4.74 Å². The van der Waals surface area contributed by atoms with E-state index in [1.165, 1.54) is 5.56 Å². The van der Waals surface area contributed by atoms with E-state index in [0.717, 1.165) is 35.0 Å². The van der Waals surface area contributed by atoms with Gasteiger partial charge in [0.1, 0.15) is 10.8 Å². The SMILES string of the molecule is COc1cccc2c1C=[N+](c1ccccc1Cl)CC2. The zero-order valence-corrected chi connectivity index (χ0v) is 11.5. The van der Waals surface area contributed by atoms with Crippen LogP contribution in [0.15, 0.2) is 42.5 Å². The molecule has 0 N–H and O–H groups in total. The van der Waals surface area contributed by atoms with Crippen molar-refractivity contribution in [2.24, 2.45) is 0 Å². The van der Waals surface area contributed by atoms with Crippen LogP contribution in [0, 0.1) is 0 Å². The molecule has 0 amide bonds. The van der Waals surface area contributed by atoms with Gasteiger partial charge in [0.15, 0.2) is 12.8 Å². The molecular formula is C16H15ClNO+. The molecule has 1 heterocycles. The number of hydrogen-bond acceptors (Lipinski definition) is 1. The van der Waals surface area contributed by atoms with Gasteiger partial charge in [0.25, 0.3) is 0 Å². The smallest absolute Gasteiger partial charge is 0.224 e. The predicted octanol–water partition coefficient (Wildman–Crippen LogP) is 3.67. The van der Waals surface area contributed by atoms with Crippen LogP contribution in [-0.2, 0) is 6.42 Å². The summed E-state index contributed by atoms with van der Waals surface area (Å²) >= 11 is 6.27. The van der Waals surface area contributed by atoms with E-state index in [2.05, 4.69) is 16.9 Å². The van der Waals surface area contributed by atoms with Crippen LogP contribution >= 0.6 is 11.6 Å². The summed E-state index contributed by atoms with van der Waals surface area (Å²) in [6.07, 6.45) is 3.12. The maximum atomic E-state index is 6.27. The fraction of sp³-hybridized carbons (Fsp3) is 0.188. The summed E-state index contributed by atoms with van der Waals surface area (Å²) in [6.45, 7) is 0.934. The molecule has 0 atom stereocenters. The first-order valence-corrected chi connectivity index (χ1v) is 6.69. The monoisotopic (exact) mass is 272 g/mol. The van der Waals surface area contributed by atoms with Crippen molar-refractivity contribution in [2.75, 3.05) is 13.7 Å². The van der Waals surface area contributed by atoms with E-state index in [-0.39, 0.29) is 0 Å². The van der Waals surface area contributed by atoms with Gasteiger partial charge in [0.2, 0.25) is 5.69 Å². The normalized spacial score (nSPS) is 13.7. The van der Waals surface area contributed by atoms with Crippen molar-refractivity contribution in [3.05, 3.63) is 58.6 Å². The summed E-state index contributed by atoms with van der Waals surface area (Å²) in [4.78, 5) is 0. The minimum Gasteiger partial charge on any atom is -0.496 e. The molecular weight excluding hydrogens is 258 g/mol. The lowest BCUT2D eigenvalue weighted by Crippen LogP contribution is -2.19. The maximum Gasteiger partial charge on any atom is 0.224 e. The van der Waals surface area contributed by atoms with Crippen molar-refractivity contribution in [3.63, 3.8) is 0 Å². The van der Waals surface area contributed by atoms with Gasteiger partial charge in [-0.1, -0.05) is 35.9 Å². The minimum absolute atomic E-state index is 0.775. The Labute approximate surface area is 117 Å². The summed E-state index contributed by atoms with van der Waals surface area (Å²) in [5, 5.41) is 0.775. The Balaban J connectivity index is 2.11. The van der Waals surface area contributed by atoms with Gasteiger partial charge in [-0.15, -0.1) is 0 Å². The summed E-state index contributed by atoms with van der Waals surface area (Å²) in [6, 6.07) is 14.1. The third-order valence-electron chi connectivity index (χ3n) is 3.45. The van der Waals surface area contributed by atoms with E-state index < -0.39 is 0 Å². The Morgan fingerprint density at radius 3 is 2.74 bits per heavy atom. The highest BCUT2D eigenvalue weighted by atomic mass is 35.5. The average molecular weight is 273 g/mol. The second-order valence-corrected chi connectivity index (χ2v) is 4.96. The molecule has 0 radical (unpaired) electrons. The van der Waals surface area contributed by atoms with Crippen molar-refractivity contribution in [1.29, 1.82) is 0 Å². The van der Waals surface area contributed by atoms with Crippen LogP contribution < -0.4 is 4.74 Å². The summed E-state index contributed by atoms with van der Waals surface area (Å²) in [5.41, 5.74) is 3.51. The highest BCUT2D eigenvalue weighted by molar-refractivity contribution is 6.32. The number of rotatable bonds is 2. The Bertz CT molecular complexity index is 649. The second-order valence-electron chi connectivity index (χ2n) is 4.56. The van der Waals surface area contributed by atoms with Crippen LogP contribution in [0.5, 0.6) is 5.75 Å². The Hall–Kier alpha value is -1.80. The van der Waals surface area contributed by atoms with Gasteiger partial charge in [-0.3, -0.25) is 0 Å². The summed E-state index contributed by atoms with van der Waals surface area (Å²) in [5.74, 6) is 0.911. The summed E-state index contributed by atoms with van der Waals surface area (Å²) < 4.78 is 7.62. The molecule has 0 saturated carbocycles. The molecule has 0 bridgehead atoms. The Morgan fingerprint density at radius 1 is 1.11 bits per heavy atom. The molecule has 96 valence electrons. The van der Waals surface area contributed by atoms with Crippen molar-refractivity contribution in [3.8, 4) is 5.75 Å². The standard InChI is InChI=1S/C16H15ClNO/c1-19-16-8-4-5-12-9-10-18(11-13(12)16)15-7-3-2-6-14(15)17/h2-8,11H,9-10H2,1H3/q+1. The average Bonchev–Trinajstić information content (AvgIpc) is 2.46. The van der Waals surface area contributed by atoms with E-state index in [1.54, 1.807) is 7.11 Å². The predicted molar refractivity (Wildman–Crippen MR) is 78.1 cm³/mol. The maximum absolute atomic E-state index is 6.27. The zero-order valence-electron chi connectivity index (χ0n) is 10.8. The highest BCUT2D eigenvalue weighted by Crippen LogP contribution is 2.28. The van der Waals surface area contributed by atoms with Crippen molar-refractivity contribution >= 4 is 23.5 Å². The van der Waals surface area contributed by atoms with Gasteiger partial charge in [0.05, 0.1) is 12.7 Å². The third-order valence-corrected chi connectivity index (χ3v) is 3.76. The molecule has 3 heteroatoms. The number of para-hydroxylation sites is 1. The molecule has 19 heavy (non-hydrogen) atoms. The third kappa shape index (κ3) is 2.24. The van der Waals surface area contributed by atoms with E-state index in [0.29, 0.717) is 0 Å². The van der Waals surface area contributed by atoms with E-state index in [4.69, 9.17) is 16.3 Å². The lowest BCUT2D eigenvalue weighted by Gasteiger charge is -2.15. The number of methoxy groups -OCH3 is 1. The molecule has 3 rings (SSSR count). The van der Waals surface area contributed by atoms with Crippen LogP contribution in [0.1, 0.15) is 11.1 Å². The number of halogens is 1. The first-order valence-electron chi connectivity index (χ1n) is 6.31. The molecule has 0 fully saturated rings. The zero-order chi connectivity index (χ0) is 13.2. The first kappa shape index (κ1) is 12.2. The van der Waals surface area contributed by atoms with Crippen molar-refractivity contribution < 1.29 is 9.31 Å². The number of benzene rings is 2. The highest BCUT2D eigenvalue weighted by Gasteiger charge is 2.22. The van der Waals surface area contributed by atoms with Gasteiger partial charge >= 0.3 is 0 Å². The van der Waals surface area contributed by atoms with Crippen molar-refractivity contribution in [1.82, 2.24) is 0 Å². The van der Waals surface area contributed by atoms with Crippen LogP contribution in [0.3, 0.4) is 0 Å². The molecule has 1 aliphatic heterocycles. The van der Waals surface area contributed by atoms with E-state index in [9.17, 15) is 0 Å². The van der Waals surface area contributed by atoms with Gasteiger partial charge in [-0.2, -0.15) is 4.58 Å². The minimum atomic E-state index is 0.775. The molecule has 2 aromatic rings.